The maximum atomic E-state index is 12.1. The Morgan fingerprint density at radius 3 is 2.41 bits per heavy atom. The summed E-state index contributed by atoms with van der Waals surface area (Å²) in [5, 5.41) is 2.64. The van der Waals surface area contributed by atoms with Gasteiger partial charge in [0.05, 0.1) is 19.8 Å². The van der Waals surface area contributed by atoms with Crippen LogP contribution in [0.3, 0.4) is 0 Å². The van der Waals surface area contributed by atoms with Crippen molar-refractivity contribution in [2.24, 2.45) is 0 Å². The zero-order valence-corrected chi connectivity index (χ0v) is 13.1. The molecule has 120 valence electrons. The van der Waals surface area contributed by atoms with Crippen molar-refractivity contribution in [2.75, 3.05) is 32.8 Å². The van der Waals surface area contributed by atoms with Crippen LogP contribution in [0.5, 0.6) is 11.5 Å². The molecule has 1 aliphatic heterocycles. The predicted octanol–water partition coefficient (Wildman–Crippen LogP) is 1.45. The first-order valence-corrected chi connectivity index (χ1v) is 7.61. The lowest BCUT2D eigenvalue weighted by Gasteiger charge is -2.30. The van der Waals surface area contributed by atoms with Crippen LogP contribution >= 0.6 is 0 Å². The van der Waals surface area contributed by atoms with Gasteiger partial charge < -0.3 is 19.7 Å². The smallest absolute Gasteiger partial charge is 0.251 e. The number of amides is 2. The lowest BCUT2D eigenvalue weighted by Crippen LogP contribution is -2.47. The van der Waals surface area contributed by atoms with Gasteiger partial charge in [-0.05, 0) is 38.5 Å². The van der Waals surface area contributed by atoms with Gasteiger partial charge in [-0.2, -0.15) is 0 Å². The van der Waals surface area contributed by atoms with E-state index in [4.69, 9.17) is 9.47 Å². The van der Waals surface area contributed by atoms with Crippen LogP contribution in [0.25, 0.3) is 0 Å². The molecule has 1 aromatic carbocycles. The Labute approximate surface area is 130 Å². The molecule has 1 aliphatic rings. The van der Waals surface area contributed by atoms with Crippen molar-refractivity contribution in [3.8, 4) is 11.5 Å². The van der Waals surface area contributed by atoms with Crippen LogP contribution in [0, 0.1) is 0 Å². The van der Waals surface area contributed by atoms with Gasteiger partial charge in [-0.15, -0.1) is 0 Å². The molecule has 2 rings (SSSR count). The van der Waals surface area contributed by atoms with Crippen molar-refractivity contribution in [1.82, 2.24) is 10.2 Å². The highest BCUT2D eigenvalue weighted by molar-refractivity contribution is 5.97. The van der Waals surface area contributed by atoms with E-state index in [2.05, 4.69) is 5.32 Å². The summed E-state index contributed by atoms with van der Waals surface area (Å²) in [7, 11) is 0. The molecule has 1 heterocycles. The predicted molar refractivity (Wildman–Crippen MR) is 82.3 cm³/mol. The standard InChI is InChI=1S/C16H22N2O4/c1-3-21-13-7-6-12(10-14(13)22-4-2)16(20)17-11-15(19)18-8-5-9-18/h6-7,10H,3-5,8-9,11H2,1-2H3,(H,17,20). The number of carbonyl (C=O) groups excluding carboxylic acids is 2. The Morgan fingerprint density at radius 2 is 1.82 bits per heavy atom. The van der Waals surface area contributed by atoms with Crippen LogP contribution in [0.2, 0.25) is 0 Å². The number of carbonyl (C=O) groups is 2. The molecule has 6 heteroatoms. The Hall–Kier alpha value is -2.24. The van der Waals surface area contributed by atoms with E-state index < -0.39 is 0 Å². The molecule has 0 unspecified atom stereocenters. The monoisotopic (exact) mass is 306 g/mol. The summed E-state index contributed by atoms with van der Waals surface area (Å²) in [6.45, 7) is 6.36. The summed E-state index contributed by atoms with van der Waals surface area (Å²) in [6.07, 6.45) is 1.04. The van der Waals surface area contributed by atoms with Crippen molar-refractivity contribution < 1.29 is 19.1 Å². The molecule has 0 saturated carbocycles. The molecule has 0 spiro atoms. The third-order valence-corrected chi connectivity index (χ3v) is 3.41. The second-order valence-electron chi connectivity index (χ2n) is 4.94. The van der Waals surface area contributed by atoms with Gasteiger partial charge in [-0.25, -0.2) is 0 Å². The van der Waals surface area contributed by atoms with Gasteiger partial charge in [-0.3, -0.25) is 9.59 Å². The number of nitrogens with one attached hydrogen (secondary N) is 1. The molecule has 1 saturated heterocycles. The van der Waals surface area contributed by atoms with Gasteiger partial charge in [0.25, 0.3) is 5.91 Å². The zero-order valence-electron chi connectivity index (χ0n) is 13.1. The number of hydrogen-bond donors (Lipinski definition) is 1. The van der Waals surface area contributed by atoms with Crippen LogP contribution in [-0.2, 0) is 4.79 Å². The molecule has 2 amide bonds. The van der Waals surface area contributed by atoms with E-state index in [9.17, 15) is 9.59 Å². The molecular weight excluding hydrogens is 284 g/mol. The van der Waals surface area contributed by atoms with Crippen LogP contribution < -0.4 is 14.8 Å². The molecular formula is C16H22N2O4. The molecule has 1 fully saturated rings. The minimum atomic E-state index is -0.294. The highest BCUT2D eigenvalue weighted by Crippen LogP contribution is 2.28. The fourth-order valence-corrected chi connectivity index (χ4v) is 2.13. The minimum absolute atomic E-state index is 0.0238. The van der Waals surface area contributed by atoms with Gasteiger partial charge in [0.15, 0.2) is 11.5 Å². The number of likely N-dealkylation sites (tertiary alicyclic amines) is 1. The Bertz CT molecular complexity index is 541. The Kier molecular flexibility index (Phi) is 5.63. The zero-order chi connectivity index (χ0) is 15.9. The first-order valence-electron chi connectivity index (χ1n) is 7.61. The molecule has 6 nitrogen and oxygen atoms in total. The van der Waals surface area contributed by atoms with E-state index in [1.807, 2.05) is 13.8 Å². The summed E-state index contributed by atoms with van der Waals surface area (Å²) in [6, 6.07) is 5.01. The Balaban J connectivity index is 1.98. The fourth-order valence-electron chi connectivity index (χ4n) is 2.13. The van der Waals surface area contributed by atoms with E-state index in [1.54, 1.807) is 23.1 Å². The third kappa shape index (κ3) is 3.90. The quantitative estimate of drug-likeness (QED) is 0.828. The topological polar surface area (TPSA) is 67.9 Å². The summed E-state index contributed by atoms with van der Waals surface area (Å²) in [5.41, 5.74) is 0.448. The highest BCUT2D eigenvalue weighted by atomic mass is 16.5. The summed E-state index contributed by atoms with van der Waals surface area (Å²) >= 11 is 0. The second-order valence-corrected chi connectivity index (χ2v) is 4.94. The number of ether oxygens (including phenoxy) is 2. The van der Waals surface area contributed by atoms with Crippen LogP contribution in [0.4, 0.5) is 0 Å². The normalized spacial score (nSPS) is 13.3. The van der Waals surface area contributed by atoms with E-state index in [1.165, 1.54) is 0 Å². The summed E-state index contributed by atoms with van der Waals surface area (Å²) in [5.74, 6) is 0.803. The van der Waals surface area contributed by atoms with Crippen LogP contribution in [-0.4, -0.2) is 49.6 Å². The van der Waals surface area contributed by atoms with E-state index in [0.717, 1.165) is 19.5 Å². The largest absolute Gasteiger partial charge is 0.490 e. The summed E-state index contributed by atoms with van der Waals surface area (Å²) < 4.78 is 10.9. The summed E-state index contributed by atoms with van der Waals surface area (Å²) in [4.78, 5) is 25.6. The lowest BCUT2D eigenvalue weighted by atomic mass is 10.2. The molecule has 0 aromatic heterocycles. The molecule has 0 bridgehead atoms. The van der Waals surface area contributed by atoms with E-state index >= 15 is 0 Å². The maximum Gasteiger partial charge on any atom is 0.251 e. The average molecular weight is 306 g/mol. The van der Waals surface area contributed by atoms with Crippen LogP contribution in [0.15, 0.2) is 18.2 Å². The van der Waals surface area contributed by atoms with Gasteiger partial charge in [0.1, 0.15) is 0 Å². The van der Waals surface area contributed by atoms with Crippen molar-refractivity contribution in [2.45, 2.75) is 20.3 Å². The van der Waals surface area contributed by atoms with Crippen molar-refractivity contribution in [1.29, 1.82) is 0 Å². The number of rotatable bonds is 7. The van der Waals surface area contributed by atoms with Gasteiger partial charge >= 0.3 is 0 Å². The molecule has 1 aromatic rings. The van der Waals surface area contributed by atoms with Gasteiger partial charge in [0, 0.05) is 18.7 Å². The van der Waals surface area contributed by atoms with E-state index in [0.29, 0.717) is 30.3 Å². The third-order valence-electron chi connectivity index (χ3n) is 3.41. The minimum Gasteiger partial charge on any atom is -0.490 e. The SMILES string of the molecule is CCOc1ccc(C(=O)NCC(=O)N2CCC2)cc1OCC. The van der Waals surface area contributed by atoms with E-state index in [-0.39, 0.29) is 18.4 Å². The lowest BCUT2D eigenvalue weighted by molar-refractivity contribution is -0.133. The first kappa shape index (κ1) is 16.1. The molecule has 0 aliphatic carbocycles. The van der Waals surface area contributed by atoms with Crippen molar-refractivity contribution >= 4 is 11.8 Å². The Morgan fingerprint density at radius 1 is 1.14 bits per heavy atom. The second kappa shape index (κ2) is 7.68. The molecule has 1 N–H and O–H groups in total. The first-order chi connectivity index (χ1) is 10.7. The number of benzene rings is 1. The number of nitrogens with zero attached hydrogens (tertiary/aromatic N) is 1. The molecule has 22 heavy (non-hydrogen) atoms. The average Bonchev–Trinajstić information content (AvgIpc) is 2.45. The highest BCUT2D eigenvalue weighted by Gasteiger charge is 2.20. The fraction of sp³-hybridized carbons (Fsp3) is 0.500. The number of hydrogen-bond acceptors (Lipinski definition) is 4. The van der Waals surface area contributed by atoms with Crippen LogP contribution in [0.1, 0.15) is 30.6 Å². The van der Waals surface area contributed by atoms with Crippen molar-refractivity contribution in [3.63, 3.8) is 0 Å². The van der Waals surface area contributed by atoms with Gasteiger partial charge in [-0.1, -0.05) is 0 Å². The maximum absolute atomic E-state index is 12.1. The van der Waals surface area contributed by atoms with Crippen molar-refractivity contribution in [3.05, 3.63) is 23.8 Å². The molecule has 0 radical (unpaired) electrons. The van der Waals surface area contributed by atoms with Gasteiger partial charge in [0.2, 0.25) is 5.91 Å². The molecule has 0 atom stereocenters.